The molecule has 1 aliphatic rings. The van der Waals surface area contributed by atoms with Crippen LogP contribution in [0.1, 0.15) is 11.4 Å². The molecule has 24 heavy (non-hydrogen) atoms. The maximum Gasteiger partial charge on any atom is 0.239 e. The van der Waals surface area contributed by atoms with Gasteiger partial charge in [0.05, 0.1) is 43.1 Å². The molecule has 1 fully saturated rings. The van der Waals surface area contributed by atoms with Crippen LogP contribution in [-0.4, -0.2) is 74.7 Å². The van der Waals surface area contributed by atoms with E-state index in [0.717, 1.165) is 23.7 Å². The highest BCUT2D eigenvalue weighted by Gasteiger charge is 2.19. The topological polar surface area (TPSA) is 105 Å². The second kappa shape index (κ2) is 7.41. The molecule has 10 heteroatoms. The molecule has 134 valence electrons. The van der Waals surface area contributed by atoms with E-state index in [1.807, 2.05) is 4.90 Å². The largest absolute Gasteiger partial charge is 0.378 e. The fourth-order valence-electron chi connectivity index (χ4n) is 2.28. The number of sulfonamides is 1. The van der Waals surface area contributed by atoms with Gasteiger partial charge in [-0.25, -0.2) is 18.4 Å². The maximum atomic E-state index is 12.1. The Morgan fingerprint density at radius 2 is 1.79 bits per heavy atom. The van der Waals surface area contributed by atoms with Crippen LogP contribution in [0.2, 0.25) is 0 Å². The van der Waals surface area contributed by atoms with Crippen molar-refractivity contribution in [2.45, 2.75) is 13.8 Å². The molecule has 0 atom stereocenters. The summed E-state index contributed by atoms with van der Waals surface area (Å²) >= 11 is 0. The fourth-order valence-corrected chi connectivity index (χ4v) is 2.63. The number of amides is 1. The first-order valence-electron chi connectivity index (χ1n) is 7.57. The number of carbonyl (C=O) groups is 1. The van der Waals surface area contributed by atoms with Crippen LogP contribution in [0, 0.1) is 13.8 Å². The van der Waals surface area contributed by atoms with Crippen LogP contribution in [0.4, 0.5) is 11.6 Å². The summed E-state index contributed by atoms with van der Waals surface area (Å²) in [5.74, 6) is 0.177. The number of hydrogen-bond donors (Lipinski definition) is 1. The molecule has 0 aromatic carbocycles. The lowest BCUT2D eigenvalue weighted by Gasteiger charge is -2.27. The molecule has 1 saturated heterocycles. The lowest BCUT2D eigenvalue weighted by molar-refractivity contribution is -0.116. The Bertz CT molecular complexity index is 693. The maximum absolute atomic E-state index is 12.1. The Kier molecular flexibility index (Phi) is 5.73. The number of rotatable bonds is 5. The third-order valence-corrected chi connectivity index (χ3v) is 5.01. The van der Waals surface area contributed by atoms with Crippen molar-refractivity contribution < 1.29 is 17.9 Å². The molecule has 0 bridgehead atoms. The average molecular weight is 357 g/mol. The molecule has 0 unspecified atom stereocenters. The lowest BCUT2D eigenvalue weighted by atomic mass is 10.2. The first kappa shape index (κ1) is 18.6. The second-order valence-electron chi connectivity index (χ2n) is 5.74. The van der Waals surface area contributed by atoms with Crippen molar-refractivity contribution >= 4 is 27.6 Å². The van der Waals surface area contributed by atoms with Gasteiger partial charge in [0.15, 0.2) is 0 Å². The van der Waals surface area contributed by atoms with Gasteiger partial charge in [-0.05, 0) is 13.8 Å². The monoisotopic (exact) mass is 357 g/mol. The highest BCUT2D eigenvalue weighted by molar-refractivity contribution is 7.88. The zero-order valence-electron chi connectivity index (χ0n) is 14.4. The predicted octanol–water partition coefficient (Wildman–Crippen LogP) is -0.240. The standard InChI is InChI=1S/C14H23N5O4S/c1-10-13(17-12(20)9-18(3)24(4,21)22)11(2)16-14(15-10)19-5-7-23-8-6-19/h5-9H2,1-4H3,(H,17,20). The molecular weight excluding hydrogens is 334 g/mol. The number of nitrogens with zero attached hydrogens (tertiary/aromatic N) is 4. The van der Waals surface area contributed by atoms with Crippen LogP contribution in [0.25, 0.3) is 0 Å². The molecule has 0 spiro atoms. The Labute approximate surface area is 142 Å². The van der Waals surface area contributed by atoms with Gasteiger partial charge < -0.3 is 15.0 Å². The number of morpholine rings is 1. The highest BCUT2D eigenvalue weighted by Crippen LogP contribution is 2.21. The molecule has 0 aliphatic carbocycles. The molecule has 9 nitrogen and oxygen atoms in total. The molecule has 1 aromatic heterocycles. The summed E-state index contributed by atoms with van der Waals surface area (Å²) in [5.41, 5.74) is 1.79. The van der Waals surface area contributed by atoms with E-state index in [1.165, 1.54) is 7.05 Å². The summed E-state index contributed by atoms with van der Waals surface area (Å²) in [7, 11) is -2.06. The Hall–Kier alpha value is -1.78. The Balaban J connectivity index is 2.12. The van der Waals surface area contributed by atoms with Crippen LogP contribution in [0.15, 0.2) is 0 Å². The van der Waals surface area contributed by atoms with E-state index < -0.39 is 15.9 Å². The molecule has 1 aliphatic heterocycles. The summed E-state index contributed by atoms with van der Waals surface area (Å²) in [5, 5.41) is 2.70. The number of nitrogens with one attached hydrogen (secondary N) is 1. The fraction of sp³-hybridized carbons (Fsp3) is 0.643. The molecule has 2 heterocycles. The second-order valence-corrected chi connectivity index (χ2v) is 7.83. The number of carbonyl (C=O) groups excluding carboxylic acids is 1. The summed E-state index contributed by atoms with van der Waals surface area (Å²) in [4.78, 5) is 23.0. The zero-order chi connectivity index (χ0) is 17.9. The van der Waals surface area contributed by atoms with E-state index in [9.17, 15) is 13.2 Å². The SMILES string of the molecule is Cc1nc(N2CCOCC2)nc(C)c1NC(=O)CN(C)S(C)(=O)=O. The molecule has 1 amide bonds. The highest BCUT2D eigenvalue weighted by atomic mass is 32.2. The van der Waals surface area contributed by atoms with Gasteiger partial charge >= 0.3 is 0 Å². The van der Waals surface area contributed by atoms with Gasteiger partial charge in [0, 0.05) is 20.1 Å². The van der Waals surface area contributed by atoms with Gasteiger partial charge in [-0.1, -0.05) is 0 Å². The van der Waals surface area contributed by atoms with Crippen LogP contribution in [0.5, 0.6) is 0 Å². The summed E-state index contributed by atoms with van der Waals surface area (Å²) in [6.07, 6.45) is 1.05. The van der Waals surface area contributed by atoms with Crippen molar-refractivity contribution in [3.63, 3.8) is 0 Å². The molecule has 2 rings (SSSR count). The van der Waals surface area contributed by atoms with Crippen LogP contribution in [0.3, 0.4) is 0 Å². The van der Waals surface area contributed by atoms with E-state index in [1.54, 1.807) is 13.8 Å². The quantitative estimate of drug-likeness (QED) is 0.775. The van der Waals surface area contributed by atoms with Gasteiger partial charge in [0.25, 0.3) is 0 Å². The van der Waals surface area contributed by atoms with E-state index >= 15 is 0 Å². The zero-order valence-corrected chi connectivity index (χ0v) is 15.2. The smallest absolute Gasteiger partial charge is 0.239 e. The minimum absolute atomic E-state index is 0.261. The summed E-state index contributed by atoms with van der Waals surface area (Å²) < 4.78 is 29.1. The minimum Gasteiger partial charge on any atom is -0.378 e. The van der Waals surface area contributed by atoms with E-state index in [4.69, 9.17) is 4.74 Å². The molecule has 0 radical (unpaired) electrons. The Morgan fingerprint density at radius 1 is 1.25 bits per heavy atom. The van der Waals surface area contributed by atoms with E-state index in [0.29, 0.717) is 36.2 Å². The third kappa shape index (κ3) is 4.62. The van der Waals surface area contributed by atoms with Crippen molar-refractivity contribution in [3.8, 4) is 0 Å². The van der Waals surface area contributed by atoms with Crippen molar-refractivity contribution in [2.75, 3.05) is 56.4 Å². The van der Waals surface area contributed by atoms with Crippen LogP contribution < -0.4 is 10.2 Å². The van der Waals surface area contributed by atoms with Gasteiger partial charge in [0.1, 0.15) is 0 Å². The predicted molar refractivity (Wildman–Crippen MR) is 90.6 cm³/mol. The summed E-state index contributed by atoms with van der Waals surface area (Å²) in [6, 6.07) is 0. The van der Waals surface area contributed by atoms with Gasteiger partial charge in [-0.3, -0.25) is 4.79 Å². The normalized spacial score (nSPS) is 15.6. The Morgan fingerprint density at radius 3 is 2.29 bits per heavy atom. The molecule has 0 saturated carbocycles. The third-order valence-electron chi connectivity index (χ3n) is 3.75. The lowest BCUT2D eigenvalue weighted by Crippen LogP contribution is -2.38. The molecule has 1 N–H and O–H groups in total. The van der Waals surface area contributed by atoms with E-state index in [-0.39, 0.29) is 6.54 Å². The summed E-state index contributed by atoms with van der Waals surface area (Å²) in [6.45, 7) is 6.04. The first-order valence-corrected chi connectivity index (χ1v) is 9.42. The van der Waals surface area contributed by atoms with Crippen LogP contribution in [-0.2, 0) is 19.6 Å². The molecule has 1 aromatic rings. The minimum atomic E-state index is -3.41. The number of aromatic nitrogens is 2. The van der Waals surface area contributed by atoms with E-state index in [2.05, 4.69) is 15.3 Å². The van der Waals surface area contributed by atoms with Crippen molar-refractivity contribution in [3.05, 3.63) is 11.4 Å². The first-order chi connectivity index (χ1) is 11.2. The molecular formula is C14H23N5O4S. The van der Waals surface area contributed by atoms with Crippen molar-refractivity contribution in [2.24, 2.45) is 0 Å². The number of anilines is 2. The number of likely N-dealkylation sites (N-methyl/N-ethyl adjacent to an activating group) is 1. The van der Waals surface area contributed by atoms with Gasteiger partial charge in [-0.15, -0.1) is 0 Å². The van der Waals surface area contributed by atoms with Crippen LogP contribution >= 0.6 is 0 Å². The average Bonchev–Trinajstić information content (AvgIpc) is 2.50. The van der Waals surface area contributed by atoms with Gasteiger partial charge in [-0.2, -0.15) is 4.31 Å². The van der Waals surface area contributed by atoms with Gasteiger partial charge in [0.2, 0.25) is 21.9 Å². The number of aryl methyl sites for hydroxylation is 2. The van der Waals surface area contributed by atoms with Crippen molar-refractivity contribution in [1.82, 2.24) is 14.3 Å². The van der Waals surface area contributed by atoms with Crippen molar-refractivity contribution in [1.29, 1.82) is 0 Å². The number of ether oxygens (including phenoxy) is 1. The number of hydrogen-bond acceptors (Lipinski definition) is 7.